The first-order valence-electron chi connectivity index (χ1n) is 5.06. The number of carbonyl (C=O) groups excluding carboxylic acids is 1. The van der Waals surface area contributed by atoms with Gasteiger partial charge >= 0.3 is 5.97 Å². The monoisotopic (exact) mass is 249 g/mol. The van der Waals surface area contributed by atoms with Crippen LogP contribution in [0.4, 0.5) is 5.69 Å². The van der Waals surface area contributed by atoms with E-state index in [1.54, 1.807) is 25.4 Å². The van der Waals surface area contributed by atoms with Crippen molar-refractivity contribution in [1.82, 2.24) is 9.36 Å². The molecule has 2 heterocycles. The smallest absolute Gasteiger partial charge is 0.352 e. The van der Waals surface area contributed by atoms with Crippen LogP contribution in [0.3, 0.4) is 0 Å². The van der Waals surface area contributed by atoms with Crippen LogP contribution in [0.15, 0.2) is 24.5 Å². The van der Waals surface area contributed by atoms with Gasteiger partial charge in [0, 0.05) is 18.0 Å². The Morgan fingerprint density at radius 2 is 2.41 bits per heavy atom. The molecule has 0 aromatic carbocycles. The minimum Gasteiger partial charge on any atom is -0.462 e. The highest BCUT2D eigenvalue weighted by Gasteiger charge is 2.19. The van der Waals surface area contributed by atoms with Gasteiger partial charge in [-0.15, -0.1) is 0 Å². The molecule has 0 bridgehead atoms. The highest BCUT2D eigenvalue weighted by atomic mass is 32.1. The number of ether oxygens (including phenoxy) is 1. The summed E-state index contributed by atoms with van der Waals surface area (Å²) in [5.74, 6) is -0.433. The molecule has 0 aliphatic rings. The number of pyridine rings is 1. The van der Waals surface area contributed by atoms with Crippen molar-refractivity contribution in [3.63, 3.8) is 0 Å². The quantitative estimate of drug-likeness (QED) is 0.841. The fourth-order valence-corrected chi connectivity index (χ4v) is 2.07. The fourth-order valence-electron chi connectivity index (χ4n) is 1.35. The summed E-state index contributed by atoms with van der Waals surface area (Å²) in [6, 6.07) is 3.63. The van der Waals surface area contributed by atoms with E-state index in [2.05, 4.69) is 9.36 Å². The van der Waals surface area contributed by atoms with Crippen LogP contribution < -0.4 is 5.73 Å². The Morgan fingerprint density at radius 3 is 3.06 bits per heavy atom. The molecule has 2 aromatic heterocycles. The van der Waals surface area contributed by atoms with Crippen LogP contribution in [0, 0.1) is 0 Å². The van der Waals surface area contributed by atoms with Crippen molar-refractivity contribution in [1.29, 1.82) is 0 Å². The van der Waals surface area contributed by atoms with E-state index >= 15 is 0 Å². The molecule has 0 saturated heterocycles. The lowest BCUT2D eigenvalue weighted by Gasteiger charge is -2.00. The molecular formula is C11H11N3O2S. The predicted octanol–water partition coefficient (Wildman–Crippen LogP) is 1.96. The summed E-state index contributed by atoms with van der Waals surface area (Å²) in [4.78, 5) is 15.9. The molecule has 0 radical (unpaired) electrons. The maximum atomic E-state index is 11.6. The van der Waals surface area contributed by atoms with Crippen LogP contribution in [-0.4, -0.2) is 21.9 Å². The van der Waals surface area contributed by atoms with Gasteiger partial charge in [-0.25, -0.2) is 4.79 Å². The first-order chi connectivity index (χ1) is 8.24. The van der Waals surface area contributed by atoms with Gasteiger partial charge in [0.2, 0.25) is 0 Å². The topological polar surface area (TPSA) is 78.1 Å². The van der Waals surface area contributed by atoms with Crippen LogP contribution in [0.2, 0.25) is 0 Å². The molecule has 0 aliphatic heterocycles. The Morgan fingerprint density at radius 1 is 1.59 bits per heavy atom. The molecule has 0 amide bonds. The van der Waals surface area contributed by atoms with Gasteiger partial charge < -0.3 is 10.5 Å². The van der Waals surface area contributed by atoms with E-state index in [1.165, 1.54) is 0 Å². The van der Waals surface area contributed by atoms with Gasteiger partial charge in [0.25, 0.3) is 0 Å². The van der Waals surface area contributed by atoms with Crippen molar-refractivity contribution in [3.05, 3.63) is 29.4 Å². The largest absolute Gasteiger partial charge is 0.462 e. The third-order valence-electron chi connectivity index (χ3n) is 2.12. The van der Waals surface area contributed by atoms with Crippen molar-refractivity contribution < 1.29 is 9.53 Å². The standard InChI is InChI=1S/C11H11N3O2S/c1-2-16-11(15)10-8(12)9(14-17-10)7-4-3-5-13-6-7/h3-6H,2,12H2,1H3. The third-order valence-corrected chi connectivity index (χ3v) is 2.97. The molecule has 2 rings (SSSR count). The molecule has 0 spiro atoms. The van der Waals surface area contributed by atoms with Crippen molar-refractivity contribution in [2.24, 2.45) is 0 Å². The second kappa shape index (κ2) is 4.92. The number of aromatic nitrogens is 2. The van der Waals surface area contributed by atoms with E-state index in [0.29, 0.717) is 22.9 Å². The molecule has 0 saturated carbocycles. The van der Waals surface area contributed by atoms with Crippen LogP contribution in [0.1, 0.15) is 16.6 Å². The van der Waals surface area contributed by atoms with E-state index < -0.39 is 5.97 Å². The third kappa shape index (κ3) is 2.26. The second-order valence-corrected chi connectivity index (χ2v) is 4.01. The van der Waals surface area contributed by atoms with Crippen molar-refractivity contribution >= 4 is 23.2 Å². The fraction of sp³-hybridized carbons (Fsp3) is 0.182. The number of nitrogens with two attached hydrogens (primary N) is 1. The second-order valence-electron chi connectivity index (χ2n) is 3.24. The number of carbonyl (C=O) groups is 1. The molecule has 2 N–H and O–H groups in total. The summed E-state index contributed by atoms with van der Waals surface area (Å²) in [6.07, 6.45) is 3.32. The Labute approximate surface area is 102 Å². The average Bonchev–Trinajstić information content (AvgIpc) is 2.72. The Kier molecular flexibility index (Phi) is 3.34. The average molecular weight is 249 g/mol. The highest BCUT2D eigenvalue weighted by molar-refractivity contribution is 7.09. The molecule has 0 aliphatic carbocycles. The van der Waals surface area contributed by atoms with Gasteiger partial charge in [0.15, 0.2) is 4.88 Å². The maximum Gasteiger partial charge on any atom is 0.352 e. The number of hydrogen-bond donors (Lipinski definition) is 1. The van der Waals surface area contributed by atoms with E-state index in [-0.39, 0.29) is 0 Å². The number of nitrogens with zero attached hydrogens (tertiary/aromatic N) is 2. The van der Waals surface area contributed by atoms with Gasteiger partial charge in [-0.2, -0.15) is 4.37 Å². The Balaban J connectivity index is 2.37. The first kappa shape index (κ1) is 11.5. The molecule has 5 nitrogen and oxygen atoms in total. The van der Waals surface area contributed by atoms with Crippen molar-refractivity contribution in [2.75, 3.05) is 12.3 Å². The zero-order valence-electron chi connectivity index (χ0n) is 9.21. The summed E-state index contributed by atoms with van der Waals surface area (Å²) in [5, 5.41) is 0. The van der Waals surface area contributed by atoms with Crippen LogP contribution in [-0.2, 0) is 4.74 Å². The molecule has 0 unspecified atom stereocenters. The molecule has 0 atom stereocenters. The van der Waals surface area contributed by atoms with Crippen LogP contribution in [0.5, 0.6) is 0 Å². The normalized spacial score (nSPS) is 10.2. The van der Waals surface area contributed by atoms with Gasteiger partial charge in [0.1, 0.15) is 5.69 Å². The van der Waals surface area contributed by atoms with E-state index in [4.69, 9.17) is 10.5 Å². The van der Waals surface area contributed by atoms with E-state index in [9.17, 15) is 4.79 Å². The zero-order chi connectivity index (χ0) is 12.3. The maximum absolute atomic E-state index is 11.6. The number of rotatable bonds is 3. The molecule has 17 heavy (non-hydrogen) atoms. The number of anilines is 1. The molecule has 0 fully saturated rings. The Bertz CT molecular complexity index is 525. The highest BCUT2D eigenvalue weighted by Crippen LogP contribution is 2.30. The summed E-state index contributed by atoms with van der Waals surface area (Å²) < 4.78 is 9.06. The molecular weight excluding hydrogens is 238 g/mol. The SMILES string of the molecule is CCOC(=O)c1snc(-c2cccnc2)c1N. The summed E-state index contributed by atoms with van der Waals surface area (Å²) in [7, 11) is 0. The van der Waals surface area contributed by atoms with Crippen LogP contribution >= 0.6 is 11.5 Å². The lowest BCUT2D eigenvalue weighted by atomic mass is 10.2. The van der Waals surface area contributed by atoms with E-state index in [0.717, 1.165) is 17.1 Å². The Hall–Kier alpha value is -1.95. The molecule has 88 valence electrons. The van der Waals surface area contributed by atoms with Crippen LogP contribution in [0.25, 0.3) is 11.3 Å². The van der Waals surface area contributed by atoms with Gasteiger partial charge in [-0.05, 0) is 30.6 Å². The summed E-state index contributed by atoms with van der Waals surface area (Å²) >= 11 is 1.04. The van der Waals surface area contributed by atoms with Crippen molar-refractivity contribution in [2.45, 2.75) is 6.92 Å². The summed E-state index contributed by atoms with van der Waals surface area (Å²) in [5.41, 5.74) is 7.60. The molecule has 6 heteroatoms. The minimum absolute atomic E-state index is 0.318. The van der Waals surface area contributed by atoms with Gasteiger partial charge in [-0.1, -0.05) is 0 Å². The zero-order valence-corrected chi connectivity index (χ0v) is 10.0. The van der Waals surface area contributed by atoms with Gasteiger partial charge in [0.05, 0.1) is 12.3 Å². The number of nitrogen functional groups attached to an aromatic ring is 1. The number of esters is 1. The predicted molar refractivity (Wildman–Crippen MR) is 65.7 cm³/mol. The van der Waals surface area contributed by atoms with Crippen molar-refractivity contribution in [3.8, 4) is 11.3 Å². The lowest BCUT2D eigenvalue weighted by Crippen LogP contribution is -2.05. The molecule has 2 aromatic rings. The minimum atomic E-state index is -0.433. The first-order valence-corrected chi connectivity index (χ1v) is 5.84. The number of hydrogen-bond acceptors (Lipinski definition) is 6. The van der Waals surface area contributed by atoms with E-state index in [1.807, 2.05) is 6.07 Å². The summed E-state index contributed by atoms with van der Waals surface area (Å²) in [6.45, 7) is 2.07. The lowest BCUT2D eigenvalue weighted by molar-refractivity contribution is 0.0533. The van der Waals surface area contributed by atoms with Gasteiger partial charge in [-0.3, -0.25) is 4.98 Å².